The van der Waals surface area contributed by atoms with E-state index in [1.807, 2.05) is 0 Å². The Morgan fingerprint density at radius 2 is 2.10 bits per heavy atom. The topological polar surface area (TPSA) is 186 Å². The van der Waals surface area contributed by atoms with Crippen LogP contribution in [0.2, 0.25) is 0 Å². The summed E-state index contributed by atoms with van der Waals surface area (Å²) in [7, 11) is -4.42. The van der Waals surface area contributed by atoms with E-state index in [0.717, 1.165) is 6.92 Å². The molecule has 13 heteroatoms. The lowest BCUT2D eigenvalue weighted by Gasteiger charge is -2.43. The lowest BCUT2D eigenvalue weighted by Crippen LogP contribution is -2.48. The van der Waals surface area contributed by atoms with E-state index in [1.54, 1.807) is 13.8 Å². The number of imidazole rings is 1. The van der Waals surface area contributed by atoms with Gasteiger partial charge in [0.25, 0.3) is 0 Å². The van der Waals surface area contributed by atoms with Gasteiger partial charge in [0, 0.05) is 0 Å². The van der Waals surface area contributed by atoms with E-state index in [1.165, 1.54) is 10.9 Å². The molecule has 0 saturated carbocycles. The van der Waals surface area contributed by atoms with E-state index in [0.29, 0.717) is 11.5 Å². The zero-order chi connectivity index (χ0) is 21.3. The first-order valence-electron chi connectivity index (χ1n) is 9.23. The van der Waals surface area contributed by atoms with Crippen LogP contribution >= 0.6 is 7.60 Å². The third-order valence-electron chi connectivity index (χ3n) is 5.84. The van der Waals surface area contributed by atoms with Crippen LogP contribution in [0.3, 0.4) is 0 Å². The lowest BCUT2D eigenvalue weighted by atomic mass is 9.80. The molecule has 2 aromatic heterocycles. The van der Waals surface area contributed by atoms with Gasteiger partial charge in [-0.25, -0.2) is 15.0 Å². The molecule has 0 aliphatic carbocycles. The van der Waals surface area contributed by atoms with Gasteiger partial charge in [0.2, 0.25) is 0 Å². The maximum atomic E-state index is 12.5. The zero-order valence-corrected chi connectivity index (χ0v) is 17.0. The summed E-state index contributed by atoms with van der Waals surface area (Å²) in [6.07, 6.45) is -3.04. The Kier molecular flexibility index (Phi) is 4.74. The summed E-state index contributed by atoms with van der Waals surface area (Å²) in [5.74, 6) is -2.04. The molecule has 12 nitrogen and oxygen atoms in total. The van der Waals surface area contributed by atoms with Gasteiger partial charge < -0.3 is 30.7 Å². The van der Waals surface area contributed by atoms with Crippen molar-refractivity contribution in [3.63, 3.8) is 0 Å². The van der Waals surface area contributed by atoms with E-state index < -0.39 is 49.5 Å². The third kappa shape index (κ3) is 2.90. The van der Waals surface area contributed by atoms with E-state index in [2.05, 4.69) is 15.0 Å². The van der Waals surface area contributed by atoms with Gasteiger partial charge >= 0.3 is 7.60 Å². The largest absolute Gasteiger partial charge is 0.387 e. The highest BCUT2D eigenvalue weighted by atomic mass is 31.2. The molecule has 0 radical (unpaired) electrons. The van der Waals surface area contributed by atoms with Gasteiger partial charge in [0.15, 0.2) is 29.1 Å². The summed E-state index contributed by atoms with van der Waals surface area (Å²) in [6, 6.07) is 0. The molecule has 29 heavy (non-hydrogen) atoms. The molecule has 6 N–H and O–H groups in total. The van der Waals surface area contributed by atoms with Crippen LogP contribution < -0.4 is 5.73 Å². The van der Waals surface area contributed by atoms with Crippen LogP contribution in [0.25, 0.3) is 11.2 Å². The molecule has 2 aliphatic rings. The van der Waals surface area contributed by atoms with Crippen LogP contribution in [0.15, 0.2) is 6.33 Å². The van der Waals surface area contributed by atoms with Crippen molar-refractivity contribution < 1.29 is 34.0 Å². The zero-order valence-electron chi connectivity index (χ0n) is 16.1. The summed E-state index contributed by atoms with van der Waals surface area (Å²) in [5.41, 5.74) is 5.13. The predicted octanol–water partition coefficient (Wildman–Crippen LogP) is -0.166. The fraction of sp³-hybridized carbons (Fsp3) is 0.688. The number of rotatable bonds is 5. The third-order valence-corrected chi connectivity index (χ3v) is 7.46. The van der Waals surface area contributed by atoms with Crippen LogP contribution in [-0.4, -0.2) is 69.5 Å². The Bertz CT molecular complexity index is 999. The molecule has 0 amide bonds. The minimum absolute atomic E-state index is 0.123. The first-order valence-corrected chi connectivity index (χ1v) is 10.9. The van der Waals surface area contributed by atoms with Crippen molar-refractivity contribution in [3.8, 4) is 0 Å². The summed E-state index contributed by atoms with van der Waals surface area (Å²) >= 11 is 0. The number of nitrogens with zero attached hydrogens (tertiary/aromatic N) is 4. The van der Waals surface area contributed by atoms with Crippen LogP contribution in [0, 0.1) is 0 Å². The van der Waals surface area contributed by atoms with Gasteiger partial charge in [0.05, 0.1) is 11.5 Å². The van der Waals surface area contributed by atoms with Crippen molar-refractivity contribution in [2.45, 2.75) is 69.1 Å². The summed E-state index contributed by atoms with van der Waals surface area (Å²) in [6.45, 7) is 4.46. The van der Waals surface area contributed by atoms with Gasteiger partial charge in [0.1, 0.15) is 30.5 Å². The Labute approximate surface area is 165 Å². The maximum absolute atomic E-state index is 12.5. The summed E-state index contributed by atoms with van der Waals surface area (Å²) in [4.78, 5) is 22.8. The standard InChI is InChI=1S/C16H24N5O7P/c1-4-16(3,28-29(25,26)6(2)22)7-11-9(23)10(24)15(27-11)21-13(7)20-8-12(17)18-5-19-14(8)21/h5-7,9-11,15,22-24H,4H2,1-3H3,(H,25,26)(H2,17,18,19)/t6-,7+,9-,10+,11?,15+,16?/m0/s1. The van der Waals surface area contributed by atoms with Crippen molar-refractivity contribution in [2.24, 2.45) is 0 Å². The second-order valence-electron chi connectivity index (χ2n) is 7.67. The molecule has 1 fully saturated rings. The van der Waals surface area contributed by atoms with Crippen molar-refractivity contribution in [1.82, 2.24) is 19.5 Å². The molecule has 2 bridgehead atoms. The Balaban J connectivity index is 1.93. The number of ether oxygens (including phenoxy) is 1. The number of nitrogen functional groups attached to an aromatic ring is 1. The molecule has 2 aliphatic heterocycles. The highest BCUT2D eigenvalue weighted by Gasteiger charge is 2.60. The average molecular weight is 429 g/mol. The predicted molar refractivity (Wildman–Crippen MR) is 99.7 cm³/mol. The van der Waals surface area contributed by atoms with E-state index >= 15 is 0 Å². The van der Waals surface area contributed by atoms with Crippen LogP contribution in [0.1, 0.15) is 45.2 Å². The quantitative estimate of drug-likeness (QED) is 0.397. The molecule has 2 aromatic rings. The maximum Gasteiger partial charge on any atom is 0.356 e. The number of aromatic nitrogens is 4. The van der Waals surface area contributed by atoms with Gasteiger partial charge in [-0.3, -0.25) is 13.7 Å². The smallest absolute Gasteiger partial charge is 0.356 e. The van der Waals surface area contributed by atoms with Crippen molar-refractivity contribution >= 4 is 24.6 Å². The SMILES string of the molecule is CCC(C)(OP(=O)(O)[C@@H](C)O)[C@H]1c2nc3c(N)ncnc3n2[C@@H]2OC1[C@@H](O)[C@H]2O. The molecule has 160 valence electrons. The molecule has 1 saturated heterocycles. The van der Waals surface area contributed by atoms with Crippen LogP contribution in [0.5, 0.6) is 0 Å². The fourth-order valence-electron chi connectivity index (χ4n) is 4.07. The Hall–Kier alpha value is -1.66. The number of nitrogens with two attached hydrogens (primary N) is 1. The molecule has 8 atom stereocenters. The second-order valence-corrected chi connectivity index (χ2v) is 9.73. The van der Waals surface area contributed by atoms with Crippen LogP contribution in [0.4, 0.5) is 5.82 Å². The highest BCUT2D eigenvalue weighted by molar-refractivity contribution is 7.53. The monoisotopic (exact) mass is 429 g/mol. The molecule has 0 aromatic carbocycles. The summed E-state index contributed by atoms with van der Waals surface area (Å²) in [5, 5.41) is 30.9. The summed E-state index contributed by atoms with van der Waals surface area (Å²) < 4.78 is 25.5. The number of fused-ring (bicyclic) bond motifs is 6. The van der Waals surface area contributed by atoms with E-state index in [-0.39, 0.29) is 17.8 Å². The van der Waals surface area contributed by atoms with Gasteiger partial charge in [-0.05, 0) is 20.3 Å². The highest BCUT2D eigenvalue weighted by Crippen LogP contribution is 2.57. The Morgan fingerprint density at radius 3 is 2.72 bits per heavy atom. The number of hydrogen-bond donors (Lipinski definition) is 5. The molecular formula is C16H24N5O7P. The lowest BCUT2D eigenvalue weighted by molar-refractivity contribution is -0.108. The van der Waals surface area contributed by atoms with E-state index in [9.17, 15) is 24.8 Å². The van der Waals surface area contributed by atoms with Gasteiger partial charge in [-0.15, -0.1) is 0 Å². The van der Waals surface area contributed by atoms with E-state index in [4.69, 9.17) is 15.0 Å². The normalized spacial score (nSPS) is 33.8. The average Bonchev–Trinajstić information content (AvgIpc) is 3.15. The Morgan fingerprint density at radius 1 is 1.41 bits per heavy atom. The van der Waals surface area contributed by atoms with Gasteiger partial charge in [-0.1, -0.05) is 6.92 Å². The number of aliphatic hydroxyl groups excluding tert-OH is 3. The molecule has 3 unspecified atom stereocenters. The number of hydrogen-bond acceptors (Lipinski definition) is 10. The second kappa shape index (κ2) is 6.67. The molecule has 4 rings (SSSR count). The first kappa shape index (κ1) is 20.6. The molecule has 0 spiro atoms. The minimum atomic E-state index is -4.42. The van der Waals surface area contributed by atoms with Crippen molar-refractivity contribution in [3.05, 3.63) is 12.2 Å². The number of aliphatic hydroxyl groups is 3. The van der Waals surface area contributed by atoms with Gasteiger partial charge in [-0.2, -0.15) is 0 Å². The number of anilines is 1. The molecule has 4 heterocycles. The minimum Gasteiger partial charge on any atom is -0.387 e. The molecular weight excluding hydrogens is 405 g/mol. The first-order chi connectivity index (χ1) is 13.5. The fourth-order valence-corrected chi connectivity index (χ4v) is 5.06. The van der Waals surface area contributed by atoms with Crippen LogP contribution in [-0.2, 0) is 13.8 Å². The van der Waals surface area contributed by atoms with Crippen molar-refractivity contribution in [2.75, 3.05) is 5.73 Å². The van der Waals surface area contributed by atoms with Crippen molar-refractivity contribution in [1.29, 1.82) is 0 Å².